The molecule has 0 aromatic heterocycles. The first-order valence-corrected chi connectivity index (χ1v) is 11.8. The second-order valence-electron chi connectivity index (χ2n) is 8.46. The molecule has 3 aromatic carbocycles. The number of hydrazone groups is 1. The van der Waals surface area contributed by atoms with Crippen LogP contribution >= 0.6 is 0 Å². The number of carbonyl (C=O) groups excluding carboxylic acids is 2. The number of benzene rings is 3. The summed E-state index contributed by atoms with van der Waals surface area (Å²) < 4.78 is 24.6. The standard InChI is InChI=1S/C28H28FN3O4/c1-35-26-16-21(18-30-31-27(33)23-6-5-7-24(29)17-23)10-13-25(26)36-19-20-8-11-22(12-9-20)28(34)32-14-3-2-4-15-32/h5-13,16-18H,2-4,14-15,19H2,1H3,(H,31,33). The Morgan fingerprint density at radius 2 is 1.75 bits per heavy atom. The lowest BCUT2D eigenvalue weighted by molar-refractivity contribution is 0.0724. The van der Waals surface area contributed by atoms with Crippen LogP contribution in [0.25, 0.3) is 0 Å². The SMILES string of the molecule is COc1cc(C=NNC(=O)c2cccc(F)c2)ccc1OCc1ccc(C(=O)N2CCCCC2)cc1. The Balaban J connectivity index is 1.33. The number of nitrogens with one attached hydrogen (secondary N) is 1. The van der Waals surface area contributed by atoms with Crippen molar-refractivity contribution in [3.05, 3.63) is 94.8 Å². The Hall–Kier alpha value is -4.20. The van der Waals surface area contributed by atoms with Crippen LogP contribution in [0.3, 0.4) is 0 Å². The summed E-state index contributed by atoms with van der Waals surface area (Å²) >= 11 is 0. The molecule has 7 nitrogen and oxygen atoms in total. The van der Waals surface area contributed by atoms with Crippen LogP contribution in [0.1, 0.15) is 51.1 Å². The highest BCUT2D eigenvalue weighted by Crippen LogP contribution is 2.28. The van der Waals surface area contributed by atoms with E-state index >= 15 is 0 Å². The highest BCUT2D eigenvalue weighted by atomic mass is 19.1. The number of carbonyl (C=O) groups is 2. The Morgan fingerprint density at radius 1 is 0.972 bits per heavy atom. The van der Waals surface area contributed by atoms with E-state index in [1.165, 1.54) is 37.9 Å². The maximum atomic E-state index is 13.3. The number of halogens is 1. The van der Waals surface area contributed by atoms with Crippen LogP contribution in [0.4, 0.5) is 4.39 Å². The Bertz CT molecular complexity index is 1240. The molecule has 1 aliphatic rings. The fourth-order valence-electron chi connectivity index (χ4n) is 3.93. The van der Waals surface area contributed by atoms with E-state index in [2.05, 4.69) is 10.5 Å². The van der Waals surface area contributed by atoms with Gasteiger partial charge in [0.15, 0.2) is 11.5 Å². The molecule has 8 heteroatoms. The van der Waals surface area contributed by atoms with Crippen molar-refractivity contribution in [2.45, 2.75) is 25.9 Å². The second-order valence-corrected chi connectivity index (χ2v) is 8.46. The van der Waals surface area contributed by atoms with Crippen molar-refractivity contribution in [2.24, 2.45) is 5.10 Å². The molecule has 3 aromatic rings. The Morgan fingerprint density at radius 3 is 2.47 bits per heavy atom. The topological polar surface area (TPSA) is 80.2 Å². The van der Waals surface area contributed by atoms with Crippen molar-refractivity contribution >= 4 is 18.0 Å². The minimum absolute atomic E-state index is 0.0770. The smallest absolute Gasteiger partial charge is 0.271 e. The van der Waals surface area contributed by atoms with Crippen molar-refractivity contribution in [2.75, 3.05) is 20.2 Å². The highest BCUT2D eigenvalue weighted by molar-refractivity contribution is 5.95. The summed E-state index contributed by atoms with van der Waals surface area (Å²) in [5.74, 6) is 0.127. The first-order valence-electron chi connectivity index (χ1n) is 11.8. The number of hydrogen-bond donors (Lipinski definition) is 1. The molecule has 0 bridgehead atoms. The zero-order valence-electron chi connectivity index (χ0n) is 20.1. The molecule has 186 valence electrons. The second kappa shape index (κ2) is 12.0. The van der Waals surface area contributed by atoms with E-state index in [0.29, 0.717) is 29.2 Å². The van der Waals surface area contributed by atoms with Gasteiger partial charge in [-0.1, -0.05) is 18.2 Å². The summed E-state index contributed by atoms with van der Waals surface area (Å²) in [5.41, 5.74) is 4.84. The molecule has 0 aliphatic carbocycles. The summed E-state index contributed by atoms with van der Waals surface area (Å²) in [6.07, 6.45) is 4.77. The number of likely N-dealkylation sites (tertiary alicyclic amines) is 1. The van der Waals surface area contributed by atoms with Crippen LogP contribution in [0.15, 0.2) is 71.8 Å². The predicted octanol–water partition coefficient (Wildman–Crippen LogP) is 4.80. The van der Waals surface area contributed by atoms with Gasteiger partial charge < -0.3 is 14.4 Å². The zero-order valence-corrected chi connectivity index (χ0v) is 20.1. The molecule has 4 rings (SSSR count). The summed E-state index contributed by atoms with van der Waals surface area (Å²) in [5, 5.41) is 3.93. The molecule has 0 atom stereocenters. The third kappa shape index (κ3) is 6.47. The van der Waals surface area contributed by atoms with Crippen LogP contribution < -0.4 is 14.9 Å². The minimum atomic E-state index is -0.513. The van der Waals surface area contributed by atoms with E-state index in [4.69, 9.17) is 9.47 Å². The van der Waals surface area contributed by atoms with Gasteiger partial charge in [0.2, 0.25) is 0 Å². The molecule has 0 spiro atoms. The van der Waals surface area contributed by atoms with Crippen LogP contribution in [0.2, 0.25) is 0 Å². The van der Waals surface area contributed by atoms with E-state index in [9.17, 15) is 14.0 Å². The largest absolute Gasteiger partial charge is 0.493 e. The third-order valence-corrected chi connectivity index (χ3v) is 5.89. The summed E-state index contributed by atoms with van der Waals surface area (Å²) in [7, 11) is 1.54. The number of ether oxygens (including phenoxy) is 2. The quantitative estimate of drug-likeness (QED) is 0.364. The molecule has 1 heterocycles. The van der Waals surface area contributed by atoms with Crippen molar-refractivity contribution in [3.63, 3.8) is 0 Å². The van der Waals surface area contributed by atoms with Crippen molar-refractivity contribution in [3.8, 4) is 11.5 Å². The first-order chi connectivity index (χ1) is 17.5. The normalized spacial score (nSPS) is 13.4. The van der Waals surface area contributed by atoms with Crippen molar-refractivity contribution < 1.29 is 23.5 Å². The Labute approximate surface area is 209 Å². The lowest BCUT2D eigenvalue weighted by Gasteiger charge is -2.26. The van der Waals surface area contributed by atoms with E-state index < -0.39 is 11.7 Å². The number of amides is 2. The van der Waals surface area contributed by atoms with Crippen LogP contribution in [-0.4, -0.2) is 43.1 Å². The molecule has 1 saturated heterocycles. The molecule has 1 aliphatic heterocycles. The molecule has 0 saturated carbocycles. The monoisotopic (exact) mass is 489 g/mol. The van der Waals surface area contributed by atoms with Crippen molar-refractivity contribution in [1.82, 2.24) is 10.3 Å². The lowest BCUT2D eigenvalue weighted by Crippen LogP contribution is -2.35. The molecular weight excluding hydrogens is 461 g/mol. The lowest BCUT2D eigenvalue weighted by atomic mass is 10.1. The minimum Gasteiger partial charge on any atom is -0.493 e. The van der Waals surface area contributed by atoms with Gasteiger partial charge in [-0.3, -0.25) is 9.59 Å². The fourth-order valence-corrected chi connectivity index (χ4v) is 3.93. The average Bonchev–Trinajstić information content (AvgIpc) is 2.92. The van der Waals surface area contributed by atoms with Crippen LogP contribution in [0.5, 0.6) is 11.5 Å². The van der Waals surface area contributed by atoms with Gasteiger partial charge >= 0.3 is 0 Å². The number of methoxy groups -OCH3 is 1. The zero-order chi connectivity index (χ0) is 25.3. The average molecular weight is 490 g/mol. The molecule has 0 unspecified atom stereocenters. The third-order valence-electron chi connectivity index (χ3n) is 5.89. The Kier molecular flexibility index (Phi) is 8.28. The molecule has 1 N–H and O–H groups in total. The maximum Gasteiger partial charge on any atom is 0.271 e. The van der Waals surface area contributed by atoms with Gasteiger partial charge in [0, 0.05) is 24.2 Å². The molecule has 2 amide bonds. The van der Waals surface area contributed by atoms with E-state index in [0.717, 1.165) is 37.6 Å². The number of piperidine rings is 1. The van der Waals surface area contributed by atoms with E-state index in [1.54, 1.807) is 18.2 Å². The van der Waals surface area contributed by atoms with Gasteiger partial charge in [0.1, 0.15) is 12.4 Å². The summed E-state index contributed by atoms with van der Waals surface area (Å²) in [4.78, 5) is 26.6. The van der Waals surface area contributed by atoms with Crippen LogP contribution in [-0.2, 0) is 6.61 Å². The van der Waals surface area contributed by atoms with Gasteiger partial charge in [-0.25, -0.2) is 9.82 Å². The van der Waals surface area contributed by atoms with Crippen LogP contribution in [0, 0.1) is 5.82 Å². The molecule has 36 heavy (non-hydrogen) atoms. The number of rotatable bonds is 8. The van der Waals surface area contributed by atoms with Gasteiger partial charge in [-0.15, -0.1) is 0 Å². The predicted molar refractivity (Wildman–Crippen MR) is 135 cm³/mol. The van der Waals surface area contributed by atoms with E-state index in [-0.39, 0.29) is 11.5 Å². The van der Waals surface area contributed by atoms with Crippen molar-refractivity contribution in [1.29, 1.82) is 0 Å². The molecular formula is C28H28FN3O4. The van der Waals surface area contributed by atoms with E-state index in [1.807, 2.05) is 29.2 Å². The van der Waals surface area contributed by atoms with Gasteiger partial charge in [0.05, 0.1) is 13.3 Å². The van der Waals surface area contributed by atoms with Gasteiger partial charge in [-0.2, -0.15) is 5.10 Å². The maximum absolute atomic E-state index is 13.3. The number of nitrogens with zero attached hydrogens (tertiary/aromatic N) is 2. The summed E-state index contributed by atoms with van der Waals surface area (Å²) in [6, 6.07) is 18.1. The van der Waals surface area contributed by atoms with Gasteiger partial charge in [0.25, 0.3) is 11.8 Å². The number of hydrogen-bond acceptors (Lipinski definition) is 5. The fraction of sp³-hybridized carbons (Fsp3) is 0.250. The molecule has 1 fully saturated rings. The first kappa shape index (κ1) is 24.9. The highest BCUT2D eigenvalue weighted by Gasteiger charge is 2.18. The van der Waals surface area contributed by atoms with Gasteiger partial charge in [-0.05, 0) is 78.9 Å². The molecule has 0 radical (unpaired) electrons. The summed E-state index contributed by atoms with van der Waals surface area (Å²) in [6.45, 7) is 1.96.